The Morgan fingerprint density at radius 3 is 2.48 bits per heavy atom. The van der Waals surface area contributed by atoms with E-state index in [0.29, 0.717) is 36.6 Å². The minimum atomic E-state index is -0.334. The van der Waals surface area contributed by atoms with Gasteiger partial charge in [0, 0.05) is 19.3 Å². The first-order valence-electron chi connectivity index (χ1n) is 7.50. The van der Waals surface area contributed by atoms with Crippen molar-refractivity contribution in [2.45, 2.75) is 39.8 Å². The van der Waals surface area contributed by atoms with Crippen LogP contribution in [0.3, 0.4) is 0 Å². The minimum absolute atomic E-state index is 0.306. The Kier molecular flexibility index (Phi) is 4.37. The molecular weight excluding hydrogens is 411 g/mol. The maximum absolute atomic E-state index is 12.6. The Hall–Kier alpha value is -1.91. The molecule has 122 valence electrons. The second-order valence-electron chi connectivity index (χ2n) is 5.25. The summed E-state index contributed by atoms with van der Waals surface area (Å²) in [6, 6.07) is 0. The van der Waals surface area contributed by atoms with Gasteiger partial charge in [-0.25, -0.2) is 9.48 Å². The zero-order valence-electron chi connectivity index (χ0n) is 12.9. The number of imidazole rings is 1. The molecule has 23 heavy (non-hydrogen) atoms. The zero-order valence-corrected chi connectivity index (χ0v) is 15.1. The van der Waals surface area contributed by atoms with Crippen molar-refractivity contribution in [1.29, 1.82) is 0 Å². The fraction of sp³-hybridized carbons (Fsp3) is 0.429. The van der Waals surface area contributed by atoms with Crippen molar-refractivity contribution in [3.63, 3.8) is 0 Å². The molecule has 0 aliphatic carbocycles. The van der Waals surface area contributed by atoms with Crippen LogP contribution in [0, 0.1) is 3.57 Å². The molecule has 0 aromatic carbocycles. The van der Waals surface area contributed by atoms with E-state index in [4.69, 9.17) is 0 Å². The predicted octanol–water partition coefficient (Wildman–Crippen LogP) is 1.50. The van der Waals surface area contributed by atoms with Crippen LogP contribution in [0.1, 0.15) is 26.7 Å². The number of rotatable bonds is 5. The van der Waals surface area contributed by atoms with Crippen LogP contribution < -0.4 is 11.2 Å². The Balaban J connectivity index is 2.31. The number of nitrogens with one attached hydrogen (secondary N) is 1. The number of H-pyrrole nitrogens is 1. The predicted molar refractivity (Wildman–Crippen MR) is 95.0 cm³/mol. The van der Waals surface area contributed by atoms with E-state index in [1.54, 1.807) is 21.6 Å². The molecule has 1 N–H and O–H groups in total. The number of fused-ring (bicyclic) bond motifs is 1. The Bertz CT molecular complexity index is 964. The van der Waals surface area contributed by atoms with Crippen molar-refractivity contribution in [3.8, 4) is 5.95 Å². The van der Waals surface area contributed by atoms with Crippen molar-refractivity contribution in [1.82, 2.24) is 28.9 Å². The molecule has 3 rings (SSSR count). The fourth-order valence-electron chi connectivity index (χ4n) is 2.53. The second-order valence-corrected chi connectivity index (χ2v) is 6.50. The topological polar surface area (TPSA) is 90.5 Å². The minimum Gasteiger partial charge on any atom is -0.316 e. The molecule has 0 saturated heterocycles. The molecule has 0 aliphatic rings. The van der Waals surface area contributed by atoms with Crippen LogP contribution >= 0.6 is 22.6 Å². The molecule has 0 bridgehead atoms. The van der Waals surface area contributed by atoms with Gasteiger partial charge >= 0.3 is 5.69 Å². The smallest absolute Gasteiger partial charge is 0.316 e. The summed E-state index contributed by atoms with van der Waals surface area (Å²) < 4.78 is 5.34. The van der Waals surface area contributed by atoms with Gasteiger partial charge in [0.15, 0.2) is 11.2 Å². The van der Waals surface area contributed by atoms with E-state index < -0.39 is 0 Å². The van der Waals surface area contributed by atoms with Gasteiger partial charge in [-0.1, -0.05) is 13.8 Å². The van der Waals surface area contributed by atoms with Gasteiger partial charge in [-0.05, 0) is 35.4 Å². The largest absolute Gasteiger partial charge is 0.332 e. The highest BCUT2D eigenvalue weighted by Gasteiger charge is 2.17. The van der Waals surface area contributed by atoms with Crippen LogP contribution in [-0.4, -0.2) is 28.9 Å². The number of nitrogens with zero attached hydrogens (tertiary/aromatic N) is 5. The van der Waals surface area contributed by atoms with Crippen LogP contribution in [0.4, 0.5) is 0 Å². The summed E-state index contributed by atoms with van der Waals surface area (Å²) in [6.45, 7) is 4.83. The van der Waals surface area contributed by atoms with E-state index in [2.05, 4.69) is 37.7 Å². The quantitative estimate of drug-likeness (QED) is 0.624. The van der Waals surface area contributed by atoms with E-state index in [-0.39, 0.29) is 11.2 Å². The van der Waals surface area contributed by atoms with Gasteiger partial charge < -0.3 is 4.98 Å². The lowest BCUT2D eigenvalue weighted by atomic mass is 10.4. The van der Waals surface area contributed by atoms with Crippen molar-refractivity contribution < 1.29 is 0 Å². The monoisotopic (exact) mass is 428 g/mol. The highest BCUT2D eigenvalue weighted by Crippen LogP contribution is 2.11. The number of hydrogen-bond acceptors (Lipinski definition) is 4. The number of aromatic amines is 1. The molecule has 0 radical (unpaired) electrons. The molecule has 0 saturated carbocycles. The third-order valence-electron chi connectivity index (χ3n) is 3.51. The summed E-state index contributed by atoms with van der Waals surface area (Å²) in [5.74, 6) is 0.429. The summed E-state index contributed by atoms with van der Waals surface area (Å²) in [5.41, 5.74) is 0.0841. The maximum atomic E-state index is 12.6. The van der Waals surface area contributed by atoms with Gasteiger partial charge in [-0.2, -0.15) is 10.1 Å². The molecule has 0 aliphatic heterocycles. The summed E-state index contributed by atoms with van der Waals surface area (Å²) in [4.78, 5) is 32.6. The summed E-state index contributed by atoms with van der Waals surface area (Å²) in [6.07, 6.45) is 4.99. The van der Waals surface area contributed by atoms with Crippen molar-refractivity contribution in [2.75, 3.05) is 0 Å². The molecule has 3 aromatic heterocycles. The molecule has 8 nitrogen and oxygen atoms in total. The molecule has 3 aromatic rings. The Morgan fingerprint density at radius 1 is 1.17 bits per heavy atom. The van der Waals surface area contributed by atoms with E-state index >= 15 is 0 Å². The number of hydrogen-bond donors (Lipinski definition) is 1. The van der Waals surface area contributed by atoms with Crippen LogP contribution in [0.2, 0.25) is 0 Å². The van der Waals surface area contributed by atoms with Gasteiger partial charge in [0.2, 0.25) is 5.95 Å². The molecule has 0 unspecified atom stereocenters. The van der Waals surface area contributed by atoms with E-state index in [1.165, 1.54) is 4.57 Å². The summed E-state index contributed by atoms with van der Waals surface area (Å²) in [5, 5.41) is 4.19. The van der Waals surface area contributed by atoms with Crippen molar-refractivity contribution in [2.24, 2.45) is 0 Å². The van der Waals surface area contributed by atoms with E-state index in [9.17, 15) is 9.59 Å². The SMILES string of the molecule is CCCn1c(=O)c2[nH]c(-n3cc(I)cn3)nc2n(CCC)c1=O. The lowest BCUT2D eigenvalue weighted by Crippen LogP contribution is -2.40. The normalized spacial score (nSPS) is 11.4. The average molecular weight is 428 g/mol. The lowest BCUT2D eigenvalue weighted by molar-refractivity contribution is 0.555. The first kappa shape index (κ1) is 16.0. The van der Waals surface area contributed by atoms with Crippen LogP contribution in [0.25, 0.3) is 17.1 Å². The van der Waals surface area contributed by atoms with Crippen LogP contribution in [-0.2, 0) is 13.1 Å². The van der Waals surface area contributed by atoms with E-state index in [0.717, 1.165) is 9.99 Å². The third kappa shape index (κ3) is 2.73. The Morgan fingerprint density at radius 2 is 1.87 bits per heavy atom. The number of aromatic nitrogens is 6. The molecule has 3 heterocycles. The maximum Gasteiger partial charge on any atom is 0.332 e. The molecule has 9 heteroatoms. The average Bonchev–Trinajstić information content (AvgIpc) is 3.14. The number of halogens is 1. The standard InChI is InChI=1S/C14H17IN6O2/c1-3-5-19-11-10(12(22)20(6-4-2)14(19)23)17-13(18-11)21-8-9(15)7-16-21/h7-8H,3-6H2,1-2H3,(H,17,18). The molecule has 0 amide bonds. The third-order valence-corrected chi connectivity index (χ3v) is 4.07. The van der Waals surface area contributed by atoms with Gasteiger partial charge in [0.05, 0.1) is 9.77 Å². The van der Waals surface area contributed by atoms with Gasteiger partial charge in [0.25, 0.3) is 5.56 Å². The fourth-order valence-corrected chi connectivity index (χ4v) is 2.91. The molecular formula is C14H17IN6O2. The number of aryl methyl sites for hydroxylation is 1. The van der Waals surface area contributed by atoms with Gasteiger partial charge in [0.1, 0.15) is 0 Å². The summed E-state index contributed by atoms with van der Waals surface area (Å²) in [7, 11) is 0. The lowest BCUT2D eigenvalue weighted by Gasteiger charge is -2.09. The molecule has 0 spiro atoms. The van der Waals surface area contributed by atoms with Crippen molar-refractivity contribution >= 4 is 33.8 Å². The first-order valence-corrected chi connectivity index (χ1v) is 8.58. The highest BCUT2D eigenvalue weighted by molar-refractivity contribution is 14.1. The van der Waals surface area contributed by atoms with Gasteiger partial charge in [-0.15, -0.1) is 0 Å². The van der Waals surface area contributed by atoms with Crippen LogP contribution in [0.5, 0.6) is 0 Å². The first-order chi connectivity index (χ1) is 11.1. The van der Waals surface area contributed by atoms with Crippen molar-refractivity contribution in [3.05, 3.63) is 36.8 Å². The highest BCUT2D eigenvalue weighted by atomic mass is 127. The van der Waals surface area contributed by atoms with E-state index in [1.807, 2.05) is 13.8 Å². The molecule has 0 fully saturated rings. The van der Waals surface area contributed by atoms with Crippen LogP contribution in [0.15, 0.2) is 22.0 Å². The second kappa shape index (κ2) is 6.30. The summed E-state index contributed by atoms with van der Waals surface area (Å²) >= 11 is 2.15. The molecule has 0 atom stereocenters. The van der Waals surface area contributed by atoms with Gasteiger partial charge in [-0.3, -0.25) is 13.9 Å². The zero-order chi connectivity index (χ0) is 16.6. The Labute approximate surface area is 145 Å².